The number of rotatable bonds is 6. The summed E-state index contributed by atoms with van der Waals surface area (Å²) in [5.41, 5.74) is 0. The normalized spacial score (nSPS) is 15.2. The maximum absolute atomic E-state index is 11.6. The van der Waals surface area contributed by atoms with Gasteiger partial charge < -0.3 is 22.1 Å². The van der Waals surface area contributed by atoms with Crippen LogP contribution in [0.5, 0.6) is 0 Å². The molecule has 0 N–H and O–H groups in total. The molecule has 0 aliphatic carbocycles. The van der Waals surface area contributed by atoms with E-state index in [0.29, 0.717) is 6.29 Å². The molecule has 1 aliphatic rings. The first-order valence-corrected chi connectivity index (χ1v) is 6.14. The van der Waals surface area contributed by atoms with E-state index in [1.807, 2.05) is 0 Å². The smallest absolute Gasteiger partial charge is 0.782 e. The quantitative estimate of drug-likeness (QED) is 0.164. The maximum atomic E-state index is 11.6. The van der Waals surface area contributed by atoms with Crippen molar-refractivity contribution < 1.29 is 70.6 Å². The zero-order chi connectivity index (χ0) is 13.7. The second kappa shape index (κ2) is 9.39. The van der Waals surface area contributed by atoms with Crippen molar-refractivity contribution in [3.63, 3.8) is 0 Å². The van der Waals surface area contributed by atoms with E-state index in [1.54, 1.807) is 0 Å². The second-order valence-electron chi connectivity index (χ2n) is 3.63. The van der Waals surface area contributed by atoms with Crippen LogP contribution in [0.3, 0.4) is 0 Å². The van der Waals surface area contributed by atoms with Crippen molar-refractivity contribution >= 4 is 46.0 Å². The van der Waals surface area contributed by atoms with Gasteiger partial charge in [-0.1, -0.05) is 5.25 Å². The Morgan fingerprint density at radius 2 is 1.95 bits per heavy atom. The molecule has 6 nitrogen and oxygen atoms in total. The minimum Gasteiger partial charge on any atom is -0.782 e. The van der Waals surface area contributed by atoms with Crippen molar-refractivity contribution in [2.24, 2.45) is 0 Å². The van der Waals surface area contributed by atoms with Gasteiger partial charge in [-0.3, -0.25) is 19.3 Å². The van der Waals surface area contributed by atoms with Gasteiger partial charge in [-0.15, -0.1) is 0 Å². The minimum absolute atomic E-state index is 0. The Kier molecular flexibility index (Phi) is 9.60. The molecule has 0 aromatic rings. The van der Waals surface area contributed by atoms with E-state index in [4.69, 9.17) is 12.6 Å². The summed E-state index contributed by atoms with van der Waals surface area (Å²) >= 11 is 4.71. The summed E-state index contributed by atoms with van der Waals surface area (Å²) < 4.78 is 1.27. The van der Waals surface area contributed by atoms with Gasteiger partial charge in [0, 0.05) is 31.7 Å². The van der Waals surface area contributed by atoms with Gasteiger partial charge in [-0.2, -0.15) is 0 Å². The summed E-state index contributed by atoms with van der Waals surface area (Å²) in [6.45, 7) is 0.298. The molecule has 0 radical (unpaired) electrons. The number of imide groups is 1. The number of nitrogens with zero attached hydrogens (tertiary/aromatic N) is 2. The van der Waals surface area contributed by atoms with Crippen LogP contribution in [0.25, 0.3) is 0 Å². The zero-order valence-electron chi connectivity index (χ0n) is 10.4. The molecule has 2 atom stereocenters. The number of aldehydes is 1. The summed E-state index contributed by atoms with van der Waals surface area (Å²) in [7, 11) is 2.19. The van der Waals surface area contributed by atoms with Crippen LogP contribution in [0.15, 0.2) is 12.2 Å². The van der Waals surface area contributed by atoms with E-state index < -0.39 is 5.25 Å². The first-order chi connectivity index (χ1) is 8.45. The molecule has 3 amide bonds. The predicted octanol–water partition coefficient (Wildman–Crippen LogP) is -3.96. The van der Waals surface area contributed by atoms with Gasteiger partial charge >= 0.3 is 51.4 Å². The topological polar surface area (TPSA) is 74.8 Å². The fourth-order valence-corrected chi connectivity index (χ4v) is 1.68. The largest absolute Gasteiger partial charge is 1.00 e. The zero-order valence-corrected chi connectivity index (χ0v) is 15.5. The van der Waals surface area contributed by atoms with Gasteiger partial charge in [-0.05, 0) is 9.39 Å². The number of hydrogen-bond donors (Lipinski definition) is 0. The monoisotopic (exact) mass is 326 g/mol. The molecule has 0 spiro atoms. The van der Waals surface area contributed by atoms with Crippen LogP contribution in [0.1, 0.15) is 6.42 Å². The summed E-state index contributed by atoms with van der Waals surface area (Å²) in [4.78, 5) is 45.4. The third kappa shape index (κ3) is 6.16. The molecule has 0 aromatic carbocycles. The summed E-state index contributed by atoms with van der Waals surface area (Å²) in [5.74, 6) is -1.10. The summed E-state index contributed by atoms with van der Waals surface area (Å²) in [6, 6.07) is 0. The molecule has 0 saturated carbocycles. The van der Waals surface area contributed by atoms with Crippen LogP contribution in [-0.4, -0.2) is 51.9 Å². The molecule has 9 heteroatoms. The van der Waals surface area contributed by atoms with E-state index in [2.05, 4.69) is 9.39 Å². The Morgan fingerprint density at radius 1 is 1.42 bits per heavy atom. The van der Waals surface area contributed by atoms with E-state index in [9.17, 15) is 19.2 Å². The first kappa shape index (κ1) is 19.4. The molecular formula is C10H12KN2O4PS. The predicted molar refractivity (Wildman–Crippen MR) is 69.1 cm³/mol. The van der Waals surface area contributed by atoms with Crippen molar-refractivity contribution in [1.82, 2.24) is 9.57 Å². The van der Waals surface area contributed by atoms with Crippen LogP contribution >= 0.6 is 9.39 Å². The first-order valence-electron chi connectivity index (χ1n) is 5.15. The van der Waals surface area contributed by atoms with Gasteiger partial charge in [0.05, 0.1) is 6.29 Å². The molecular weight excluding hydrogens is 314 g/mol. The molecule has 0 bridgehead atoms. The number of hydrogen-bond acceptors (Lipinski definition) is 5. The van der Waals surface area contributed by atoms with Gasteiger partial charge in [0.15, 0.2) is 0 Å². The number of carbonyl (C=O) groups is 4. The van der Waals surface area contributed by atoms with Crippen LogP contribution in [0, 0.1) is 0 Å². The fourth-order valence-electron chi connectivity index (χ4n) is 1.32. The van der Waals surface area contributed by atoms with Crippen LogP contribution < -0.4 is 51.4 Å². The Balaban J connectivity index is 0.00000324. The van der Waals surface area contributed by atoms with E-state index in [0.717, 1.165) is 4.90 Å². The Labute approximate surface area is 161 Å². The molecule has 0 fully saturated rings. The fraction of sp³-hybridized carbons (Fsp3) is 0.400. The Hall–Kier alpha value is 0.436. The van der Waals surface area contributed by atoms with Crippen LogP contribution in [0.2, 0.25) is 0 Å². The van der Waals surface area contributed by atoms with Crippen molar-refractivity contribution in [3.8, 4) is 0 Å². The van der Waals surface area contributed by atoms with Crippen LogP contribution in [0.4, 0.5) is 0 Å². The average Bonchev–Trinajstić information content (AvgIpc) is 2.65. The molecule has 1 heterocycles. The van der Waals surface area contributed by atoms with Crippen molar-refractivity contribution in [2.45, 2.75) is 11.7 Å². The molecule has 98 valence electrons. The van der Waals surface area contributed by atoms with Crippen molar-refractivity contribution in [3.05, 3.63) is 12.2 Å². The SMILES string of the molecule is O=CC([S-])CC(=O)N(P)CCN1C(=O)C=CC1=O.[K+]. The third-order valence-corrected chi connectivity index (χ3v) is 3.14. The number of amides is 3. The van der Waals surface area contributed by atoms with Gasteiger partial charge in [0.25, 0.3) is 11.8 Å². The summed E-state index contributed by atoms with van der Waals surface area (Å²) in [5, 5.41) is -0.753. The molecule has 1 aliphatic heterocycles. The minimum atomic E-state index is -0.753. The Morgan fingerprint density at radius 3 is 2.42 bits per heavy atom. The average molecular weight is 326 g/mol. The van der Waals surface area contributed by atoms with E-state index >= 15 is 0 Å². The second-order valence-corrected chi connectivity index (χ2v) is 4.86. The molecule has 1 rings (SSSR count). The van der Waals surface area contributed by atoms with Crippen molar-refractivity contribution in [1.29, 1.82) is 0 Å². The van der Waals surface area contributed by atoms with Gasteiger partial charge in [0.2, 0.25) is 5.91 Å². The van der Waals surface area contributed by atoms with Gasteiger partial charge in [0.1, 0.15) is 0 Å². The van der Waals surface area contributed by atoms with Crippen molar-refractivity contribution in [2.75, 3.05) is 13.1 Å². The Bertz CT molecular complexity index is 400. The maximum Gasteiger partial charge on any atom is 1.00 e. The van der Waals surface area contributed by atoms with E-state index in [-0.39, 0.29) is 88.6 Å². The molecule has 19 heavy (non-hydrogen) atoms. The van der Waals surface area contributed by atoms with Crippen LogP contribution in [-0.2, 0) is 31.8 Å². The summed E-state index contributed by atoms with van der Waals surface area (Å²) in [6.07, 6.45) is 2.83. The third-order valence-electron chi connectivity index (χ3n) is 2.31. The molecule has 2 unspecified atom stereocenters. The number of carbonyl (C=O) groups excluding carboxylic acids is 4. The standard InChI is InChI=1S/C10H13N2O4PS.K/c13-6-7(18)5-10(16)12(17)4-3-11-8(14)1-2-9(11)15;/h1-2,6-7,18H,3-5,17H2;/q;+1/p-1. The molecule has 0 aromatic heterocycles. The molecule has 0 saturated heterocycles. The van der Waals surface area contributed by atoms with E-state index in [1.165, 1.54) is 16.8 Å². The van der Waals surface area contributed by atoms with Gasteiger partial charge in [-0.25, -0.2) is 0 Å².